The summed E-state index contributed by atoms with van der Waals surface area (Å²) in [7, 11) is 0. The molecule has 0 aromatic rings. The van der Waals surface area contributed by atoms with Gasteiger partial charge in [-0.25, -0.2) is 0 Å². The van der Waals surface area contributed by atoms with Gasteiger partial charge in [-0.2, -0.15) is 0 Å². The van der Waals surface area contributed by atoms with Crippen LogP contribution in [0.25, 0.3) is 0 Å². The minimum Gasteiger partial charge on any atom is -0.481 e. The molecule has 0 saturated heterocycles. The molecule has 0 bridgehead atoms. The van der Waals surface area contributed by atoms with E-state index in [0.29, 0.717) is 6.42 Å². The zero-order valence-electron chi connectivity index (χ0n) is 14.3. The first-order valence-electron chi connectivity index (χ1n) is 8.25. The highest BCUT2D eigenvalue weighted by molar-refractivity contribution is 5.66. The third kappa shape index (κ3) is 12.4. The lowest BCUT2D eigenvalue weighted by molar-refractivity contribution is -0.136. The molecule has 0 unspecified atom stereocenters. The van der Waals surface area contributed by atoms with Crippen LogP contribution in [0, 0.1) is 0 Å². The zero-order chi connectivity index (χ0) is 16.1. The summed E-state index contributed by atoms with van der Waals surface area (Å²) in [5, 5.41) is 8.59. The van der Waals surface area contributed by atoms with E-state index in [9.17, 15) is 4.79 Å². The Morgan fingerprint density at radius 1 is 0.952 bits per heavy atom. The number of allylic oxidation sites excluding steroid dienone is 4. The Kier molecular flexibility index (Phi) is 12.0. The maximum Gasteiger partial charge on any atom is 0.303 e. The second-order valence-electron chi connectivity index (χ2n) is 5.70. The monoisotopic (exact) mass is 295 g/mol. The predicted octanol–water partition coefficient (Wildman–Crippen LogP) is 4.65. The van der Waals surface area contributed by atoms with E-state index in [4.69, 9.17) is 5.11 Å². The van der Waals surface area contributed by atoms with Crippen molar-refractivity contribution in [3.8, 4) is 0 Å². The minimum absolute atomic E-state index is 0.234. The molecule has 0 amide bonds. The summed E-state index contributed by atoms with van der Waals surface area (Å²) >= 11 is 0. The lowest BCUT2D eigenvalue weighted by Gasteiger charge is -2.17. The summed E-state index contributed by atoms with van der Waals surface area (Å²) in [6.07, 6.45) is 9.77. The Morgan fingerprint density at radius 2 is 1.48 bits per heavy atom. The summed E-state index contributed by atoms with van der Waals surface area (Å²) < 4.78 is 0. The van der Waals surface area contributed by atoms with Gasteiger partial charge in [0, 0.05) is 6.42 Å². The van der Waals surface area contributed by atoms with E-state index < -0.39 is 5.97 Å². The lowest BCUT2D eigenvalue weighted by Crippen LogP contribution is -2.23. The maximum atomic E-state index is 10.4. The van der Waals surface area contributed by atoms with Crippen LogP contribution in [0.5, 0.6) is 0 Å². The summed E-state index contributed by atoms with van der Waals surface area (Å²) in [6.45, 7) is 12.2. The number of nitrogens with zero attached hydrogens (tertiary/aromatic N) is 1. The SMILES string of the molecule is CCN(CC)CCCC(C)=CCCC(C)=CCCC(=O)O. The van der Waals surface area contributed by atoms with Crippen molar-refractivity contribution in [3.63, 3.8) is 0 Å². The van der Waals surface area contributed by atoms with Crippen molar-refractivity contribution in [3.05, 3.63) is 23.3 Å². The van der Waals surface area contributed by atoms with E-state index in [1.807, 2.05) is 0 Å². The van der Waals surface area contributed by atoms with Crippen molar-refractivity contribution in [1.82, 2.24) is 4.90 Å². The molecule has 0 rings (SSSR count). The summed E-state index contributed by atoms with van der Waals surface area (Å²) in [5.74, 6) is -0.719. The van der Waals surface area contributed by atoms with E-state index in [-0.39, 0.29) is 6.42 Å². The van der Waals surface area contributed by atoms with Crippen LogP contribution in [0.15, 0.2) is 23.3 Å². The molecule has 3 nitrogen and oxygen atoms in total. The Balaban J connectivity index is 3.83. The van der Waals surface area contributed by atoms with Gasteiger partial charge < -0.3 is 10.0 Å². The molecule has 21 heavy (non-hydrogen) atoms. The third-order valence-corrected chi connectivity index (χ3v) is 3.82. The van der Waals surface area contributed by atoms with E-state index in [1.165, 1.54) is 30.5 Å². The average molecular weight is 295 g/mol. The molecule has 0 aliphatic rings. The predicted molar refractivity (Wildman–Crippen MR) is 90.6 cm³/mol. The van der Waals surface area contributed by atoms with Gasteiger partial charge in [0.2, 0.25) is 0 Å². The van der Waals surface area contributed by atoms with Gasteiger partial charge in [-0.15, -0.1) is 0 Å². The highest BCUT2D eigenvalue weighted by atomic mass is 16.4. The van der Waals surface area contributed by atoms with Crippen molar-refractivity contribution >= 4 is 5.97 Å². The number of rotatable bonds is 12. The number of carboxylic acids is 1. The van der Waals surface area contributed by atoms with Gasteiger partial charge in [0.15, 0.2) is 0 Å². The van der Waals surface area contributed by atoms with Crippen molar-refractivity contribution in [2.45, 2.75) is 66.2 Å². The molecular weight excluding hydrogens is 262 g/mol. The van der Waals surface area contributed by atoms with Crippen molar-refractivity contribution in [2.24, 2.45) is 0 Å². The molecule has 0 spiro atoms. The maximum absolute atomic E-state index is 10.4. The molecule has 0 aromatic heterocycles. The number of hydrogen-bond donors (Lipinski definition) is 1. The van der Waals surface area contributed by atoms with Crippen molar-refractivity contribution < 1.29 is 9.90 Å². The van der Waals surface area contributed by atoms with Gasteiger partial charge in [0.25, 0.3) is 0 Å². The fraction of sp³-hybridized carbons (Fsp3) is 0.722. The van der Waals surface area contributed by atoms with E-state index in [1.54, 1.807) is 0 Å². The van der Waals surface area contributed by atoms with Crippen LogP contribution in [0.2, 0.25) is 0 Å². The van der Waals surface area contributed by atoms with E-state index >= 15 is 0 Å². The van der Waals surface area contributed by atoms with Gasteiger partial charge in [-0.1, -0.05) is 37.1 Å². The Morgan fingerprint density at radius 3 is 2.00 bits per heavy atom. The van der Waals surface area contributed by atoms with Crippen LogP contribution in [-0.2, 0) is 4.79 Å². The van der Waals surface area contributed by atoms with Crippen LogP contribution in [0.1, 0.15) is 66.2 Å². The molecule has 3 heteroatoms. The van der Waals surface area contributed by atoms with Gasteiger partial charge in [-0.3, -0.25) is 4.79 Å². The molecule has 0 atom stereocenters. The van der Waals surface area contributed by atoms with Crippen LogP contribution >= 0.6 is 0 Å². The van der Waals surface area contributed by atoms with Gasteiger partial charge in [0.05, 0.1) is 0 Å². The molecule has 0 radical (unpaired) electrons. The van der Waals surface area contributed by atoms with Crippen LogP contribution in [0.4, 0.5) is 0 Å². The standard InChI is InChI=1S/C18H33NO2/c1-5-19(6-2)15-9-13-17(4)11-7-10-16(3)12-8-14-18(20)21/h11-12H,5-10,13-15H2,1-4H3,(H,20,21). The number of aliphatic carboxylic acids is 1. The van der Waals surface area contributed by atoms with E-state index in [0.717, 1.165) is 25.9 Å². The van der Waals surface area contributed by atoms with Crippen molar-refractivity contribution in [2.75, 3.05) is 19.6 Å². The Labute approximate surface area is 130 Å². The molecule has 0 aromatic carbocycles. The topological polar surface area (TPSA) is 40.5 Å². The molecule has 0 aliphatic heterocycles. The molecule has 0 saturated carbocycles. The largest absolute Gasteiger partial charge is 0.481 e. The first-order chi connectivity index (χ1) is 9.99. The second-order valence-corrected chi connectivity index (χ2v) is 5.70. The fourth-order valence-corrected chi connectivity index (χ4v) is 2.31. The summed E-state index contributed by atoms with van der Waals surface area (Å²) in [6, 6.07) is 0. The first kappa shape index (κ1) is 19.9. The van der Waals surface area contributed by atoms with Gasteiger partial charge in [0.1, 0.15) is 0 Å². The fourth-order valence-electron chi connectivity index (χ4n) is 2.31. The highest BCUT2D eigenvalue weighted by Gasteiger charge is 1.99. The van der Waals surface area contributed by atoms with Gasteiger partial charge in [-0.05, 0) is 65.6 Å². The van der Waals surface area contributed by atoms with Crippen molar-refractivity contribution in [1.29, 1.82) is 0 Å². The quantitative estimate of drug-likeness (QED) is 0.533. The molecule has 0 heterocycles. The number of carboxylic acid groups (broad SMARTS) is 1. The normalized spacial score (nSPS) is 13.0. The van der Waals surface area contributed by atoms with Crippen LogP contribution < -0.4 is 0 Å². The molecular formula is C18H33NO2. The molecule has 122 valence electrons. The van der Waals surface area contributed by atoms with Crippen LogP contribution in [0.3, 0.4) is 0 Å². The number of carbonyl (C=O) groups is 1. The third-order valence-electron chi connectivity index (χ3n) is 3.82. The Bertz CT molecular complexity index is 341. The molecule has 0 aliphatic carbocycles. The summed E-state index contributed by atoms with van der Waals surface area (Å²) in [5.41, 5.74) is 2.77. The smallest absolute Gasteiger partial charge is 0.303 e. The van der Waals surface area contributed by atoms with E-state index in [2.05, 4.69) is 44.7 Å². The lowest BCUT2D eigenvalue weighted by atomic mass is 10.1. The molecule has 1 N–H and O–H groups in total. The zero-order valence-corrected chi connectivity index (χ0v) is 14.3. The first-order valence-corrected chi connectivity index (χ1v) is 8.25. The minimum atomic E-state index is -0.719. The Hall–Kier alpha value is -1.09. The highest BCUT2D eigenvalue weighted by Crippen LogP contribution is 2.11. The van der Waals surface area contributed by atoms with Crippen LogP contribution in [-0.4, -0.2) is 35.6 Å². The molecule has 0 fully saturated rings. The second kappa shape index (κ2) is 12.6. The average Bonchev–Trinajstić information content (AvgIpc) is 2.43. The summed E-state index contributed by atoms with van der Waals surface area (Å²) in [4.78, 5) is 12.9. The van der Waals surface area contributed by atoms with Gasteiger partial charge >= 0.3 is 5.97 Å². The number of hydrogen-bond acceptors (Lipinski definition) is 2.